The molecule has 0 saturated heterocycles. The highest BCUT2D eigenvalue weighted by Crippen LogP contribution is 2.30. The number of methoxy groups -OCH3 is 2. The number of rotatable bonds is 7. The van der Waals surface area contributed by atoms with Crippen LogP contribution in [0.5, 0.6) is 23.5 Å². The monoisotopic (exact) mass is 371 g/mol. The molecule has 1 N–H and O–H groups in total. The Hall–Kier alpha value is -2.99. The number of halogens is 1. The average Bonchev–Trinajstić information content (AvgIpc) is 2.68. The molecule has 0 amide bonds. The first-order valence-electron chi connectivity index (χ1n) is 7.90. The molecule has 7 heteroatoms. The van der Waals surface area contributed by atoms with E-state index >= 15 is 0 Å². The van der Waals surface area contributed by atoms with Crippen LogP contribution in [0.2, 0.25) is 5.02 Å². The van der Waals surface area contributed by atoms with Gasteiger partial charge in [-0.15, -0.1) is 0 Å². The first kappa shape index (κ1) is 17.8. The third-order valence-electron chi connectivity index (χ3n) is 3.56. The van der Waals surface area contributed by atoms with Crippen LogP contribution >= 0.6 is 11.6 Å². The van der Waals surface area contributed by atoms with E-state index in [2.05, 4.69) is 15.3 Å². The zero-order valence-corrected chi connectivity index (χ0v) is 15.2. The van der Waals surface area contributed by atoms with E-state index in [4.69, 9.17) is 25.8 Å². The Balaban J connectivity index is 1.77. The fraction of sp³-hybridized carbons (Fsp3) is 0.158. The lowest BCUT2D eigenvalue weighted by Gasteiger charge is -2.13. The van der Waals surface area contributed by atoms with E-state index in [9.17, 15) is 0 Å². The van der Waals surface area contributed by atoms with Crippen LogP contribution in [0.1, 0.15) is 5.56 Å². The SMILES string of the molecule is COc1cc(OC)nc(Oc2ccccc2NCc2ccc(Cl)cc2)n1. The van der Waals surface area contributed by atoms with Crippen molar-refractivity contribution in [2.45, 2.75) is 6.54 Å². The van der Waals surface area contributed by atoms with Crippen LogP contribution in [0.15, 0.2) is 54.6 Å². The highest BCUT2D eigenvalue weighted by Gasteiger charge is 2.10. The third kappa shape index (κ3) is 4.55. The Kier molecular flexibility index (Phi) is 5.76. The molecule has 2 aromatic carbocycles. The van der Waals surface area contributed by atoms with E-state index in [-0.39, 0.29) is 6.01 Å². The van der Waals surface area contributed by atoms with Gasteiger partial charge in [0.25, 0.3) is 0 Å². The summed E-state index contributed by atoms with van der Waals surface area (Å²) in [5, 5.41) is 4.05. The molecule has 1 heterocycles. The minimum atomic E-state index is 0.141. The molecule has 26 heavy (non-hydrogen) atoms. The smallest absolute Gasteiger partial charge is 0.328 e. The van der Waals surface area contributed by atoms with Crippen molar-refractivity contribution in [1.29, 1.82) is 0 Å². The molecule has 0 aliphatic heterocycles. The van der Waals surface area contributed by atoms with Gasteiger partial charge in [-0.3, -0.25) is 0 Å². The van der Waals surface area contributed by atoms with Gasteiger partial charge in [-0.25, -0.2) is 0 Å². The van der Waals surface area contributed by atoms with E-state index < -0.39 is 0 Å². The van der Waals surface area contributed by atoms with E-state index in [0.29, 0.717) is 29.1 Å². The second kappa shape index (κ2) is 8.40. The Bertz CT molecular complexity index is 850. The quantitative estimate of drug-likeness (QED) is 0.657. The van der Waals surface area contributed by atoms with Crippen LogP contribution in [-0.2, 0) is 6.54 Å². The standard InChI is InChI=1S/C19H18ClN3O3/c1-24-17-11-18(25-2)23-19(22-17)26-16-6-4-3-5-15(16)21-12-13-7-9-14(20)10-8-13/h3-11,21H,12H2,1-2H3. The molecule has 134 valence electrons. The number of hydrogen-bond acceptors (Lipinski definition) is 6. The number of nitrogens with zero attached hydrogens (tertiary/aromatic N) is 2. The maximum Gasteiger partial charge on any atom is 0.328 e. The van der Waals surface area contributed by atoms with E-state index in [1.807, 2.05) is 48.5 Å². The summed E-state index contributed by atoms with van der Waals surface area (Å²) >= 11 is 5.92. The zero-order chi connectivity index (χ0) is 18.4. The van der Waals surface area contributed by atoms with Crippen LogP contribution < -0.4 is 19.5 Å². The van der Waals surface area contributed by atoms with Gasteiger partial charge in [0.2, 0.25) is 11.8 Å². The Labute approximate surface area is 156 Å². The first-order chi connectivity index (χ1) is 12.7. The van der Waals surface area contributed by atoms with E-state index in [1.165, 1.54) is 14.2 Å². The Morgan fingerprint density at radius 1 is 0.923 bits per heavy atom. The Morgan fingerprint density at radius 3 is 2.23 bits per heavy atom. The fourth-order valence-electron chi connectivity index (χ4n) is 2.24. The maximum atomic E-state index is 5.92. The minimum Gasteiger partial charge on any atom is -0.481 e. The van der Waals surface area contributed by atoms with Gasteiger partial charge in [-0.2, -0.15) is 9.97 Å². The van der Waals surface area contributed by atoms with Crippen LogP contribution in [0.3, 0.4) is 0 Å². The fourth-order valence-corrected chi connectivity index (χ4v) is 2.36. The summed E-state index contributed by atoms with van der Waals surface area (Å²) in [6, 6.07) is 16.9. The van der Waals surface area contributed by atoms with Gasteiger partial charge in [-0.1, -0.05) is 35.9 Å². The molecule has 0 radical (unpaired) electrons. The van der Waals surface area contributed by atoms with Gasteiger partial charge in [0.1, 0.15) is 0 Å². The lowest BCUT2D eigenvalue weighted by atomic mass is 10.2. The maximum absolute atomic E-state index is 5.92. The lowest BCUT2D eigenvalue weighted by Crippen LogP contribution is -2.02. The Morgan fingerprint density at radius 2 is 1.58 bits per heavy atom. The van der Waals surface area contributed by atoms with Crippen molar-refractivity contribution < 1.29 is 14.2 Å². The van der Waals surface area contributed by atoms with E-state index in [0.717, 1.165) is 11.3 Å². The topological polar surface area (TPSA) is 65.5 Å². The summed E-state index contributed by atoms with van der Waals surface area (Å²) in [5.41, 5.74) is 1.91. The van der Waals surface area contributed by atoms with Gasteiger partial charge in [0.05, 0.1) is 26.0 Å². The number of ether oxygens (including phenoxy) is 3. The lowest BCUT2D eigenvalue weighted by molar-refractivity contribution is 0.348. The van der Waals surface area contributed by atoms with Crippen LogP contribution in [0, 0.1) is 0 Å². The van der Waals surface area contributed by atoms with Crippen molar-refractivity contribution in [3.05, 3.63) is 65.2 Å². The van der Waals surface area contributed by atoms with E-state index in [1.54, 1.807) is 6.07 Å². The largest absolute Gasteiger partial charge is 0.481 e. The number of hydrogen-bond donors (Lipinski definition) is 1. The number of nitrogens with one attached hydrogen (secondary N) is 1. The summed E-state index contributed by atoms with van der Waals surface area (Å²) in [4.78, 5) is 8.37. The summed E-state index contributed by atoms with van der Waals surface area (Å²) in [5.74, 6) is 1.31. The van der Waals surface area contributed by atoms with Crippen molar-refractivity contribution in [1.82, 2.24) is 9.97 Å². The molecule has 0 atom stereocenters. The van der Waals surface area contributed by atoms with Gasteiger partial charge in [-0.05, 0) is 29.8 Å². The molecule has 1 aromatic heterocycles. The molecule has 0 fully saturated rings. The second-order valence-corrected chi connectivity index (χ2v) is 5.75. The first-order valence-corrected chi connectivity index (χ1v) is 8.28. The highest BCUT2D eigenvalue weighted by atomic mass is 35.5. The number of anilines is 1. The van der Waals surface area contributed by atoms with Crippen LogP contribution in [0.4, 0.5) is 5.69 Å². The third-order valence-corrected chi connectivity index (χ3v) is 3.81. The zero-order valence-electron chi connectivity index (χ0n) is 14.4. The molecule has 0 aliphatic carbocycles. The molecule has 0 unspecified atom stereocenters. The summed E-state index contributed by atoms with van der Waals surface area (Å²) in [6.45, 7) is 0.625. The summed E-state index contributed by atoms with van der Waals surface area (Å²) < 4.78 is 16.1. The van der Waals surface area contributed by atoms with Gasteiger partial charge in [0.15, 0.2) is 5.75 Å². The molecule has 0 bridgehead atoms. The van der Waals surface area contributed by atoms with Crippen molar-refractivity contribution in [2.24, 2.45) is 0 Å². The highest BCUT2D eigenvalue weighted by molar-refractivity contribution is 6.30. The summed E-state index contributed by atoms with van der Waals surface area (Å²) in [7, 11) is 3.04. The molecule has 3 rings (SSSR count). The van der Waals surface area contributed by atoms with Crippen molar-refractivity contribution in [3.63, 3.8) is 0 Å². The van der Waals surface area contributed by atoms with Crippen molar-refractivity contribution >= 4 is 17.3 Å². The molecule has 0 aliphatic rings. The van der Waals surface area contributed by atoms with Crippen LogP contribution in [-0.4, -0.2) is 24.2 Å². The number of aromatic nitrogens is 2. The average molecular weight is 372 g/mol. The molecule has 3 aromatic rings. The molecular weight excluding hydrogens is 354 g/mol. The van der Waals surface area contributed by atoms with Crippen molar-refractivity contribution in [2.75, 3.05) is 19.5 Å². The minimum absolute atomic E-state index is 0.141. The predicted molar refractivity (Wildman–Crippen MR) is 100 cm³/mol. The predicted octanol–water partition coefficient (Wildman–Crippen LogP) is 4.55. The normalized spacial score (nSPS) is 10.3. The van der Waals surface area contributed by atoms with Crippen molar-refractivity contribution in [3.8, 4) is 23.5 Å². The van der Waals surface area contributed by atoms with Crippen LogP contribution in [0.25, 0.3) is 0 Å². The summed E-state index contributed by atoms with van der Waals surface area (Å²) in [6.07, 6.45) is 0. The molecule has 0 spiro atoms. The van der Waals surface area contributed by atoms with Gasteiger partial charge >= 0.3 is 6.01 Å². The number of benzene rings is 2. The number of para-hydroxylation sites is 2. The molecule has 6 nitrogen and oxygen atoms in total. The van der Waals surface area contributed by atoms with Gasteiger partial charge < -0.3 is 19.5 Å². The second-order valence-electron chi connectivity index (χ2n) is 5.31. The molecule has 0 saturated carbocycles. The molecular formula is C19H18ClN3O3. The van der Waals surface area contributed by atoms with Gasteiger partial charge in [0, 0.05) is 11.6 Å².